The highest BCUT2D eigenvalue weighted by Gasteiger charge is 2.15. The number of nitrogens with two attached hydrogens (primary N) is 2. The van der Waals surface area contributed by atoms with Crippen LogP contribution in [0.15, 0.2) is 42.5 Å². The molecule has 0 saturated carbocycles. The van der Waals surface area contributed by atoms with E-state index in [0.29, 0.717) is 6.54 Å². The highest BCUT2D eigenvalue weighted by Crippen LogP contribution is 2.33. The summed E-state index contributed by atoms with van der Waals surface area (Å²) in [6, 6.07) is 14.0. The van der Waals surface area contributed by atoms with Crippen molar-refractivity contribution >= 4 is 28.4 Å². The van der Waals surface area contributed by atoms with Crippen molar-refractivity contribution in [2.75, 3.05) is 31.3 Å². The van der Waals surface area contributed by atoms with Crippen molar-refractivity contribution in [3.8, 4) is 5.75 Å². The second kappa shape index (κ2) is 8.01. The lowest BCUT2D eigenvalue weighted by Crippen LogP contribution is -2.14. The van der Waals surface area contributed by atoms with Crippen molar-refractivity contribution in [3.05, 3.63) is 48.0 Å². The zero-order chi connectivity index (χ0) is 18.5. The number of aromatic nitrogens is 2. The molecule has 0 fully saturated rings. The smallest absolute Gasteiger partial charge is 0.222 e. The Balaban J connectivity index is 2.07. The van der Waals surface area contributed by atoms with Crippen LogP contribution in [0.5, 0.6) is 5.75 Å². The highest BCUT2D eigenvalue weighted by molar-refractivity contribution is 5.95. The van der Waals surface area contributed by atoms with Crippen LogP contribution in [-0.4, -0.2) is 30.7 Å². The van der Waals surface area contributed by atoms with Gasteiger partial charge in [0.05, 0.1) is 12.6 Å². The van der Waals surface area contributed by atoms with E-state index in [2.05, 4.69) is 16.0 Å². The lowest BCUT2D eigenvalue weighted by atomic mass is 10.0. The minimum atomic E-state index is 0.270. The lowest BCUT2D eigenvalue weighted by Gasteiger charge is -2.22. The molecular weight excluding hydrogens is 326 g/mol. The van der Waals surface area contributed by atoms with Crippen molar-refractivity contribution in [3.63, 3.8) is 0 Å². The summed E-state index contributed by atoms with van der Waals surface area (Å²) in [5, 5.41) is 1.04. The molecule has 136 valence electrons. The van der Waals surface area contributed by atoms with Gasteiger partial charge in [-0.2, -0.15) is 4.98 Å². The Morgan fingerprint density at radius 3 is 2.50 bits per heavy atom. The maximum absolute atomic E-state index is 5.97. The van der Waals surface area contributed by atoms with Gasteiger partial charge in [0, 0.05) is 18.1 Å². The van der Waals surface area contributed by atoms with E-state index in [4.69, 9.17) is 16.2 Å². The van der Waals surface area contributed by atoms with Crippen LogP contribution in [0.25, 0.3) is 10.9 Å². The Labute approximate surface area is 153 Å². The summed E-state index contributed by atoms with van der Waals surface area (Å²) in [7, 11) is 3.64. The fourth-order valence-corrected chi connectivity index (χ4v) is 3.09. The van der Waals surface area contributed by atoms with E-state index < -0.39 is 0 Å². The van der Waals surface area contributed by atoms with E-state index in [1.165, 1.54) is 5.56 Å². The number of aryl methyl sites for hydroxylation is 1. The maximum Gasteiger partial charge on any atom is 0.222 e. The van der Waals surface area contributed by atoms with Crippen LogP contribution in [-0.2, 0) is 6.42 Å². The van der Waals surface area contributed by atoms with Crippen molar-refractivity contribution in [2.45, 2.75) is 19.3 Å². The van der Waals surface area contributed by atoms with Gasteiger partial charge in [0.15, 0.2) is 0 Å². The largest absolute Gasteiger partial charge is 0.497 e. The lowest BCUT2D eigenvalue weighted by molar-refractivity contribution is 0.415. The van der Waals surface area contributed by atoms with E-state index in [1.54, 1.807) is 7.11 Å². The van der Waals surface area contributed by atoms with Gasteiger partial charge >= 0.3 is 0 Å². The monoisotopic (exact) mass is 351 g/mol. The van der Waals surface area contributed by atoms with Gasteiger partial charge in [-0.3, -0.25) is 0 Å². The van der Waals surface area contributed by atoms with Gasteiger partial charge in [0.25, 0.3) is 0 Å². The van der Waals surface area contributed by atoms with Crippen LogP contribution in [0.1, 0.15) is 18.4 Å². The molecule has 6 nitrogen and oxygen atoms in total. The molecule has 0 spiro atoms. The van der Waals surface area contributed by atoms with Crippen LogP contribution >= 0.6 is 0 Å². The Bertz CT molecular complexity index is 879. The standard InChI is InChI=1S/C20H25N5O/c1-25(15-9-11-16(26-2)12-10-15)19-18-14(6-3-4-13-21)7-5-8-17(18)23-20(22)24-19/h5,7-12H,3-4,6,13,21H2,1-2H3,(H2,22,23,24). The molecule has 0 aliphatic rings. The van der Waals surface area contributed by atoms with Gasteiger partial charge in [0.1, 0.15) is 11.6 Å². The molecule has 6 heteroatoms. The average molecular weight is 351 g/mol. The Kier molecular flexibility index (Phi) is 5.53. The van der Waals surface area contributed by atoms with Crippen molar-refractivity contribution in [2.24, 2.45) is 5.73 Å². The third-order valence-corrected chi connectivity index (χ3v) is 4.49. The fraction of sp³-hybridized carbons (Fsp3) is 0.300. The zero-order valence-corrected chi connectivity index (χ0v) is 15.3. The molecule has 0 aliphatic heterocycles. The Hall–Kier alpha value is -2.86. The number of hydrogen-bond donors (Lipinski definition) is 2. The number of nitrogens with zero attached hydrogens (tertiary/aromatic N) is 3. The van der Waals surface area contributed by atoms with E-state index in [9.17, 15) is 0 Å². The summed E-state index contributed by atoms with van der Waals surface area (Å²) < 4.78 is 5.24. The van der Waals surface area contributed by atoms with Gasteiger partial charge in [0.2, 0.25) is 5.95 Å². The quantitative estimate of drug-likeness (QED) is 0.635. The molecule has 0 amide bonds. The minimum Gasteiger partial charge on any atom is -0.497 e. The van der Waals surface area contributed by atoms with Gasteiger partial charge in [-0.05, 0) is 61.7 Å². The molecule has 3 aromatic rings. The van der Waals surface area contributed by atoms with Gasteiger partial charge in [-0.25, -0.2) is 4.98 Å². The minimum absolute atomic E-state index is 0.270. The SMILES string of the molecule is COc1ccc(N(C)c2nc(N)nc3cccc(CCCCN)c23)cc1. The molecule has 1 aromatic heterocycles. The molecule has 0 unspecified atom stereocenters. The molecule has 0 radical (unpaired) electrons. The number of nitrogen functional groups attached to an aromatic ring is 1. The Morgan fingerprint density at radius 2 is 1.81 bits per heavy atom. The van der Waals surface area contributed by atoms with E-state index in [0.717, 1.165) is 47.4 Å². The van der Waals surface area contributed by atoms with Crippen molar-refractivity contribution in [1.82, 2.24) is 9.97 Å². The van der Waals surface area contributed by atoms with Gasteiger partial charge in [-0.1, -0.05) is 12.1 Å². The second-order valence-corrected chi connectivity index (χ2v) is 6.22. The predicted molar refractivity (Wildman–Crippen MR) is 107 cm³/mol. The van der Waals surface area contributed by atoms with Crippen LogP contribution in [0, 0.1) is 0 Å². The number of methoxy groups -OCH3 is 1. The van der Waals surface area contributed by atoms with Crippen LogP contribution < -0.4 is 21.1 Å². The summed E-state index contributed by atoms with van der Waals surface area (Å²) in [4.78, 5) is 11.0. The van der Waals surface area contributed by atoms with E-state index in [1.807, 2.05) is 48.3 Å². The number of ether oxygens (including phenoxy) is 1. The van der Waals surface area contributed by atoms with Crippen LogP contribution in [0.4, 0.5) is 17.5 Å². The molecule has 4 N–H and O–H groups in total. The van der Waals surface area contributed by atoms with Crippen molar-refractivity contribution in [1.29, 1.82) is 0 Å². The molecule has 0 bridgehead atoms. The van der Waals surface area contributed by atoms with E-state index >= 15 is 0 Å². The topological polar surface area (TPSA) is 90.3 Å². The highest BCUT2D eigenvalue weighted by atomic mass is 16.5. The third kappa shape index (κ3) is 3.70. The summed E-state index contributed by atoms with van der Waals surface area (Å²) in [6.07, 6.45) is 2.97. The molecule has 0 atom stereocenters. The number of benzene rings is 2. The first-order valence-corrected chi connectivity index (χ1v) is 8.77. The van der Waals surface area contributed by atoms with Crippen molar-refractivity contribution < 1.29 is 4.74 Å². The number of hydrogen-bond acceptors (Lipinski definition) is 6. The van der Waals surface area contributed by atoms with Gasteiger partial charge < -0.3 is 21.1 Å². The zero-order valence-electron chi connectivity index (χ0n) is 15.3. The number of anilines is 3. The average Bonchev–Trinajstić information content (AvgIpc) is 2.67. The third-order valence-electron chi connectivity index (χ3n) is 4.49. The van der Waals surface area contributed by atoms with Gasteiger partial charge in [-0.15, -0.1) is 0 Å². The molecule has 2 aromatic carbocycles. The summed E-state index contributed by atoms with van der Waals surface area (Å²) in [5.74, 6) is 1.89. The molecule has 0 saturated heterocycles. The molecule has 1 heterocycles. The number of fused-ring (bicyclic) bond motifs is 1. The fourth-order valence-electron chi connectivity index (χ4n) is 3.09. The second-order valence-electron chi connectivity index (χ2n) is 6.22. The Morgan fingerprint density at radius 1 is 1.04 bits per heavy atom. The normalized spacial score (nSPS) is 10.9. The predicted octanol–water partition coefficient (Wildman–Crippen LogP) is 3.27. The first-order valence-electron chi connectivity index (χ1n) is 8.77. The summed E-state index contributed by atoms with van der Waals surface area (Å²) in [5.41, 5.74) is 14.7. The van der Waals surface area contributed by atoms with Crippen LogP contribution in [0.2, 0.25) is 0 Å². The molecule has 0 aliphatic carbocycles. The first-order chi connectivity index (χ1) is 12.6. The van der Waals surface area contributed by atoms with Crippen LogP contribution in [0.3, 0.4) is 0 Å². The summed E-state index contributed by atoms with van der Waals surface area (Å²) >= 11 is 0. The first kappa shape index (κ1) is 17.9. The molecular formula is C20H25N5O. The number of unbranched alkanes of at least 4 members (excludes halogenated alkanes) is 1. The van der Waals surface area contributed by atoms with E-state index in [-0.39, 0.29) is 5.95 Å². The maximum atomic E-state index is 5.97. The molecule has 26 heavy (non-hydrogen) atoms. The number of rotatable bonds is 7. The molecule has 3 rings (SSSR count). The summed E-state index contributed by atoms with van der Waals surface area (Å²) in [6.45, 7) is 0.701.